The smallest absolute Gasteiger partial charge is 0.272 e. The van der Waals surface area contributed by atoms with E-state index in [2.05, 4.69) is 20.1 Å². The van der Waals surface area contributed by atoms with E-state index in [1.54, 1.807) is 12.3 Å². The Morgan fingerprint density at radius 3 is 2.63 bits per heavy atom. The van der Waals surface area contributed by atoms with Crippen LogP contribution in [0.4, 0.5) is 5.82 Å². The van der Waals surface area contributed by atoms with Crippen molar-refractivity contribution in [3.63, 3.8) is 0 Å². The highest BCUT2D eigenvalue weighted by atomic mass is 35.5. The van der Waals surface area contributed by atoms with Crippen molar-refractivity contribution < 1.29 is 4.79 Å². The number of halogens is 1. The van der Waals surface area contributed by atoms with Crippen LogP contribution in [-0.2, 0) is 11.2 Å². The monoisotopic (exact) mass is 425 g/mol. The third kappa shape index (κ3) is 4.31. The fraction of sp³-hybridized carbons (Fsp3) is 0.364. The molecule has 4 rings (SSSR count). The van der Waals surface area contributed by atoms with Crippen molar-refractivity contribution in [1.29, 1.82) is 0 Å². The van der Waals surface area contributed by atoms with Gasteiger partial charge in [-0.1, -0.05) is 29.8 Å². The van der Waals surface area contributed by atoms with E-state index in [-0.39, 0.29) is 11.5 Å². The number of nitrogens with one attached hydrogen (secondary N) is 1. The molecule has 1 aliphatic rings. The van der Waals surface area contributed by atoms with Crippen LogP contribution in [0.2, 0.25) is 5.02 Å². The largest absolute Gasteiger partial charge is 0.353 e. The van der Waals surface area contributed by atoms with Gasteiger partial charge in [0.2, 0.25) is 5.91 Å². The summed E-state index contributed by atoms with van der Waals surface area (Å²) in [7, 11) is 0. The second-order valence-electron chi connectivity index (χ2n) is 7.56. The van der Waals surface area contributed by atoms with Crippen LogP contribution in [0.5, 0.6) is 0 Å². The fourth-order valence-electron chi connectivity index (χ4n) is 3.81. The zero-order valence-corrected chi connectivity index (χ0v) is 17.7. The molecular formula is C22H24ClN5O2. The van der Waals surface area contributed by atoms with Gasteiger partial charge in [0.15, 0.2) is 0 Å². The van der Waals surface area contributed by atoms with E-state index >= 15 is 0 Å². The van der Waals surface area contributed by atoms with Crippen molar-refractivity contribution >= 4 is 34.1 Å². The van der Waals surface area contributed by atoms with Crippen LogP contribution >= 0.6 is 11.6 Å². The number of pyridine rings is 1. The SMILES string of the molecule is Cc1cc(N2CCN(C(=O)CCCc3n[nH]c(=O)c4ccccc34)CC2)ncc1Cl. The number of carbonyl (C=O) groups is 1. The van der Waals surface area contributed by atoms with Crippen LogP contribution in [0.15, 0.2) is 41.3 Å². The standard InChI is InChI=1S/C22H24ClN5O2/c1-15-13-20(24-14-18(15)23)27-9-11-28(12-10-27)21(29)8-4-7-19-16-5-2-3-6-17(16)22(30)26-25-19/h2-3,5-6,13-14H,4,7-12H2,1H3,(H,26,30). The molecule has 1 saturated heterocycles. The Hall–Kier alpha value is -2.93. The maximum atomic E-state index is 12.6. The number of aromatic nitrogens is 3. The van der Waals surface area contributed by atoms with Crippen LogP contribution < -0.4 is 10.5 Å². The molecule has 1 aromatic carbocycles. The first kappa shape index (κ1) is 20.3. The first-order valence-corrected chi connectivity index (χ1v) is 10.5. The Labute approximate surface area is 179 Å². The van der Waals surface area contributed by atoms with Gasteiger partial charge in [-0.05, 0) is 37.5 Å². The van der Waals surface area contributed by atoms with Gasteiger partial charge < -0.3 is 9.80 Å². The van der Waals surface area contributed by atoms with E-state index < -0.39 is 0 Å². The third-order valence-electron chi connectivity index (χ3n) is 5.57. The number of fused-ring (bicyclic) bond motifs is 1. The Balaban J connectivity index is 1.30. The predicted octanol–water partition coefficient (Wildman–Crippen LogP) is 2.95. The topological polar surface area (TPSA) is 82.2 Å². The summed E-state index contributed by atoms with van der Waals surface area (Å²) in [6, 6.07) is 9.42. The number of piperazine rings is 1. The quantitative estimate of drug-likeness (QED) is 0.679. The van der Waals surface area contributed by atoms with Crippen molar-refractivity contribution in [2.45, 2.75) is 26.2 Å². The number of hydrogen-bond acceptors (Lipinski definition) is 5. The van der Waals surface area contributed by atoms with Gasteiger partial charge in [0.05, 0.1) is 16.1 Å². The molecule has 156 valence electrons. The summed E-state index contributed by atoms with van der Waals surface area (Å²) < 4.78 is 0. The number of H-pyrrole nitrogens is 1. The molecule has 2 aromatic heterocycles. The van der Waals surface area contributed by atoms with E-state index in [1.165, 1.54) is 0 Å². The highest BCUT2D eigenvalue weighted by Crippen LogP contribution is 2.21. The molecule has 1 aliphatic heterocycles. The number of amides is 1. The minimum absolute atomic E-state index is 0.156. The van der Waals surface area contributed by atoms with Crippen molar-refractivity contribution in [1.82, 2.24) is 20.1 Å². The molecular weight excluding hydrogens is 402 g/mol. The molecule has 7 nitrogen and oxygen atoms in total. The first-order chi connectivity index (χ1) is 14.5. The van der Waals surface area contributed by atoms with Gasteiger partial charge >= 0.3 is 0 Å². The molecule has 1 amide bonds. The highest BCUT2D eigenvalue weighted by Gasteiger charge is 2.22. The van der Waals surface area contributed by atoms with Crippen molar-refractivity contribution in [2.24, 2.45) is 0 Å². The predicted molar refractivity (Wildman–Crippen MR) is 118 cm³/mol. The van der Waals surface area contributed by atoms with E-state index in [0.29, 0.717) is 42.8 Å². The average molecular weight is 426 g/mol. The Kier molecular flexibility index (Phi) is 5.99. The normalized spacial score (nSPS) is 14.3. The molecule has 3 aromatic rings. The van der Waals surface area contributed by atoms with Crippen molar-refractivity contribution in [3.8, 4) is 0 Å². The molecule has 0 bridgehead atoms. The number of hydrogen-bond donors (Lipinski definition) is 1. The Morgan fingerprint density at radius 2 is 1.90 bits per heavy atom. The van der Waals surface area contributed by atoms with Crippen LogP contribution in [-0.4, -0.2) is 52.2 Å². The number of aromatic amines is 1. The summed E-state index contributed by atoms with van der Waals surface area (Å²) in [5.74, 6) is 1.06. The first-order valence-electron chi connectivity index (χ1n) is 10.1. The lowest BCUT2D eigenvalue weighted by atomic mass is 10.1. The minimum Gasteiger partial charge on any atom is -0.353 e. The maximum absolute atomic E-state index is 12.6. The molecule has 0 unspecified atom stereocenters. The number of anilines is 1. The molecule has 3 heterocycles. The van der Waals surface area contributed by atoms with E-state index in [9.17, 15) is 9.59 Å². The summed E-state index contributed by atoms with van der Waals surface area (Å²) in [5.41, 5.74) is 1.64. The highest BCUT2D eigenvalue weighted by molar-refractivity contribution is 6.31. The number of nitrogens with zero attached hydrogens (tertiary/aromatic N) is 4. The van der Waals surface area contributed by atoms with Gasteiger partial charge in [-0.25, -0.2) is 10.1 Å². The number of rotatable bonds is 5. The average Bonchev–Trinajstić information content (AvgIpc) is 2.77. The van der Waals surface area contributed by atoms with Gasteiger partial charge in [-0.2, -0.15) is 5.10 Å². The van der Waals surface area contributed by atoms with Crippen LogP contribution in [0, 0.1) is 6.92 Å². The van der Waals surface area contributed by atoms with Gasteiger partial charge in [0.25, 0.3) is 5.56 Å². The molecule has 1 fully saturated rings. The molecule has 0 spiro atoms. The van der Waals surface area contributed by atoms with Crippen molar-refractivity contribution in [3.05, 3.63) is 63.2 Å². The number of carbonyl (C=O) groups excluding carboxylic acids is 1. The second kappa shape index (κ2) is 8.83. The number of benzene rings is 1. The summed E-state index contributed by atoms with van der Waals surface area (Å²) in [6.07, 6.45) is 3.49. The third-order valence-corrected chi connectivity index (χ3v) is 5.96. The van der Waals surface area contributed by atoms with E-state index in [4.69, 9.17) is 11.6 Å². The number of aryl methyl sites for hydroxylation is 2. The van der Waals surface area contributed by atoms with E-state index in [0.717, 1.165) is 35.6 Å². The zero-order valence-electron chi connectivity index (χ0n) is 16.9. The summed E-state index contributed by atoms with van der Waals surface area (Å²) in [6.45, 7) is 4.84. The lowest BCUT2D eigenvalue weighted by Gasteiger charge is -2.35. The molecule has 30 heavy (non-hydrogen) atoms. The molecule has 8 heteroatoms. The lowest BCUT2D eigenvalue weighted by molar-refractivity contribution is -0.131. The second-order valence-corrected chi connectivity index (χ2v) is 7.97. The minimum atomic E-state index is -0.186. The summed E-state index contributed by atoms with van der Waals surface area (Å²) in [5, 5.41) is 8.89. The zero-order chi connectivity index (χ0) is 21.1. The molecule has 0 radical (unpaired) electrons. The summed E-state index contributed by atoms with van der Waals surface area (Å²) >= 11 is 6.06. The Bertz CT molecular complexity index is 1120. The van der Waals surface area contributed by atoms with Crippen LogP contribution in [0.1, 0.15) is 24.1 Å². The molecule has 0 atom stereocenters. The molecule has 0 aliphatic carbocycles. The lowest BCUT2D eigenvalue weighted by Crippen LogP contribution is -2.49. The fourth-order valence-corrected chi connectivity index (χ4v) is 3.91. The molecule has 0 saturated carbocycles. The maximum Gasteiger partial charge on any atom is 0.272 e. The van der Waals surface area contributed by atoms with Crippen LogP contribution in [0.25, 0.3) is 10.8 Å². The van der Waals surface area contributed by atoms with Crippen molar-refractivity contribution in [2.75, 3.05) is 31.1 Å². The summed E-state index contributed by atoms with van der Waals surface area (Å²) in [4.78, 5) is 33.0. The van der Waals surface area contributed by atoms with Gasteiger partial charge in [0, 0.05) is 44.2 Å². The van der Waals surface area contributed by atoms with Crippen LogP contribution in [0.3, 0.4) is 0 Å². The molecule has 1 N–H and O–H groups in total. The van der Waals surface area contributed by atoms with Gasteiger partial charge in [0.1, 0.15) is 5.82 Å². The van der Waals surface area contributed by atoms with Gasteiger partial charge in [-0.3, -0.25) is 9.59 Å². The van der Waals surface area contributed by atoms with Gasteiger partial charge in [-0.15, -0.1) is 0 Å². The van der Waals surface area contributed by atoms with E-state index in [1.807, 2.05) is 36.1 Å². The Morgan fingerprint density at radius 1 is 1.17 bits per heavy atom.